The largest absolute Gasteiger partial charge is 0.490 e. The Kier molecular flexibility index (Phi) is 27.3. The first-order chi connectivity index (χ1) is 27.7. The van der Waals surface area contributed by atoms with Gasteiger partial charge in [0.2, 0.25) is 18.2 Å². The van der Waals surface area contributed by atoms with Crippen LogP contribution >= 0.6 is 11.9 Å². The van der Waals surface area contributed by atoms with Crippen LogP contribution in [0.3, 0.4) is 0 Å². The first-order valence-corrected chi connectivity index (χ1v) is 21.2. The molecule has 0 aliphatic carbocycles. The molecule has 0 fully saturated rings. The molecule has 3 unspecified atom stereocenters. The van der Waals surface area contributed by atoms with Crippen LogP contribution in [0.15, 0.2) is 46.3 Å². The van der Waals surface area contributed by atoms with Gasteiger partial charge in [-0.05, 0) is 144 Å². The summed E-state index contributed by atoms with van der Waals surface area (Å²) in [5, 5.41) is 16.2. The lowest BCUT2D eigenvalue weighted by Gasteiger charge is -2.23. The van der Waals surface area contributed by atoms with E-state index in [9.17, 15) is 19.2 Å². The van der Waals surface area contributed by atoms with Crippen molar-refractivity contribution >= 4 is 42.1 Å². The molecule has 0 aliphatic heterocycles. The van der Waals surface area contributed by atoms with Crippen molar-refractivity contribution in [1.82, 2.24) is 20.7 Å². The summed E-state index contributed by atoms with van der Waals surface area (Å²) < 4.78 is 13.7. The van der Waals surface area contributed by atoms with E-state index >= 15 is 0 Å². The van der Waals surface area contributed by atoms with Crippen LogP contribution in [-0.2, 0) is 30.3 Å². The molecule has 59 heavy (non-hydrogen) atoms. The van der Waals surface area contributed by atoms with Gasteiger partial charge < -0.3 is 36.3 Å². The third-order valence-electron chi connectivity index (χ3n) is 9.34. The van der Waals surface area contributed by atoms with Gasteiger partial charge in [0, 0.05) is 24.9 Å². The number of aryl methyl sites for hydroxylation is 1. The molecule has 13 nitrogen and oxygen atoms in total. The number of carbonyl (C=O) groups is 4. The number of carbonyl (C=O) groups excluding carboxylic acids is 4. The summed E-state index contributed by atoms with van der Waals surface area (Å²) in [5.41, 5.74) is 14.1. The zero-order valence-corrected chi connectivity index (χ0v) is 38.8. The molecule has 0 radical (unpaired) electrons. The topological polar surface area (TPSA) is 193 Å². The molecule has 14 heteroatoms. The molecule has 0 aromatic heterocycles. The summed E-state index contributed by atoms with van der Waals surface area (Å²) in [6.07, 6.45) is 7.82. The molecule has 0 saturated heterocycles. The molecule has 7 N–H and O–H groups in total. The molecular formula is C45H74N6O7S. The number of amides is 3. The third kappa shape index (κ3) is 23.6. The molecule has 0 saturated carbocycles. The average Bonchev–Trinajstić information content (AvgIpc) is 3.17. The zero-order chi connectivity index (χ0) is 45.1. The predicted molar refractivity (Wildman–Crippen MR) is 242 cm³/mol. The van der Waals surface area contributed by atoms with E-state index in [2.05, 4.69) is 74.1 Å². The van der Waals surface area contributed by atoms with Gasteiger partial charge in [0.05, 0.1) is 13.2 Å². The number of aliphatic imine (C=N–C) groups is 1. The lowest BCUT2D eigenvalue weighted by Crippen LogP contribution is -2.50. The Labute approximate surface area is 358 Å². The summed E-state index contributed by atoms with van der Waals surface area (Å²) in [5.74, 6) is -0.0260. The van der Waals surface area contributed by atoms with Crippen molar-refractivity contribution in [2.45, 2.75) is 145 Å². The van der Waals surface area contributed by atoms with Gasteiger partial charge in [-0.25, -0.2) is 4.79 Å². The number of hydrogen-bond donors (Lipinski definition) is 6. The van der Waals surface area contributed by atoms with Crippen molar-refractivity contribution in [1.29, 1.82) is 0 Å². The maximum atomic E-state index is 13.0. The molecule has 2 aromatic rings. The van der Waals surface area contributed by atoms with Gasteiger partial charge in [0.25, 0.3) is 0 Å². The number of nitrogens with two attached hydrogens (primary N) is 1. The molecule has 2 aromatic carbocycles. The highest BCUT2D eigenvalue weighted by atomic mass is 32.2. The summed E-state index contributed by atoms with van der Waals surface area (Å²) in [6, 6.07) is 5.91. The fourth-order valence-corrected chi connectivity index (χ4v) is 6.22. The van der Waals surface area contributed by atoms with Crippen molar-refractivity contribution in [2.75, 3.05) is 26.8 Å². The minimum Gasteiger partial charge on any atom is -0.490 e. The fraction of sp³-hybridized carbons (Fsp3) is 0.578. The van der Waals surface area contributed by atoms with Crippen molar-refractivity contribution in [3.8, 4) is 5.75 Å². The van der Waals surface area contributed by atoms with Gasteiger partial charge in [-0.15, -0.1) is 0 Å². The van der Waals surface area contributed by atoms with Gasteiger partial charge in [-0.2, -0.15) is 0 Å². The second-order valence-electron chi connectivity index (χ2n) is 15.6. The zero-order valence-electron chi connectivity index (χ0n) is 38.0. The molecule has 2 rings (SSSR count). The van der Waals surface area contributed by atoms with Crippen LogP contribution in [-0.4, -0.2) is 80.3 Å². The normalized spacial score (nSPS) is 12.7. The molecule has 332 valence electrons. The monoisotopic (exact) mass is 843 g/mol. The number of guanidine groups is 1. The molecule has 0 heterocycles. The van der Waals surface area contributed by atoms with Crippen LogP contribution in [0.1, 0.15) is 114 Å². The van der Waals surface area contributed by atoms with Gasteiger partial charge in [-0.3, -0.25) is 24.1 Å². The summed E-state index contributed by atoms with van der Waals surface area (Å²) in [6.45, 7) is 26.0. The Morgan fingerprint density at radius 3 is 2.10 bits per heavy atom. The third-order valence-corrected chi connectivity index (χ3v) is 10.5. The van der Waals surface area contributed by atoms with Gasteiger partial charge in [0.1, 0.15) is 24.4 Å². The van der Waals surface area contributed by atoms with E-state index in [4.69, 9.17) is 20.3 Å². The summed E-state index contributed by atoms with van der Waals surface area (Å²) in [7, 11) is 1.26. The summed E-state index contributed by atoms with van der Waals surface area (Å²) >= 11 is 1.46. The highest BCUT2D eigenvalue weighted by molar-refractivity contribution is 7.98. The Balaban J connectivity index is 0.00000268. The van der Waals surface area contributed by atoms with E-state index in [1.807, 2.05) is 45.0 Å². The van der Waals surface area contributed by atoms with E-state index in [-0.39, 0.29) is 29.8 Å². The fourth-order valence-electron chi connectivity index (χ4n) is 5.37. The summed E-state index contributed by atoms with van der Waals surface area (Å²) in [4.78, 5) is 52.2. The molecule has 3 atom stereocenters. The number of methoxy groups -OCH3 is 1. The minimum atomic E-state index is -0.921. The number of aliphatic hydroxyl groups excluding tert-OH is 1. The van der Waals surface area contributed by atoms with Gasteiger partial charge in [0.15, 0.2) is 5.96 Å². The van der Waals surface area contributed by atoms with Gasteiger partial charge >= 0.3 is 5.97 Å². The molecule has 0 spiro atoms. The first kappa shape index (κ1) is 54.4. The Morgan fingerprint density at radius 2 is 1.59 bits per heavy atom. The lowest BCUT2D eigenvalue weighted by molar-refractivity contribution is -0.145. The Morgan fingerprint density at radius 1 is 0.966 bits per heavy atom. The number of hydrogen-bond acceptors (Lipinski definition) is 9. The first-order valence-electron chi connectivity index (χ1n) is 20.4. The standard InChI is InChI=1S/C37H55N5O5S.C4H9NO.C4H10O/c1-24-15-17-29(18-16-24)47-22-11-10-13-32(35(45)46-9)41-34(44)31(40-23-43)14-12-21-39-36(38)42-48-33-27(4)25(2)26(3)30(28(33)5)19-20-37(6,7)8;1-3-5-4(2)6;1-3-4(2)5/h10-11,15-18,23,31-32H,12-14,19-22H2,1-9H3,(H,40,43)(H,41,44)(H3,38,39,42);3H2,1-2H3,(H,5,6);4-5H,3H2,1-2H3/b11-10-;;. The minimum absolute atomic E-state index is 0.0394. The molecular weight excluding hydrogens is 769 g/mol. The number of ether oxygens (including phenoxy) is 2. The smallest absolute Gasteiger partial charge is 0.328 e. The Bertz CT molecular complexity index is 1640. The van der Waals surface area contributed by atoms with Crippen LogP contribution < -0.4 is 31.1 Å². The van der Waals surface area contributed by atoms with Crippen molar-refractivity contribution in [3.05, 3.63) is 69.8 Å². The second-order valence-corrected chi connectivity index (χ2v) is 16.4. The highest BCUT2D eigenvalue weighted by Crippen LogP contribution is 2.34. The number of rotatable bonds is 20. The van der Waals surface area contributed by atoms with Crippen LogP contribution in [0.4, 0.5) is 0 Å². The number of nitrogens with zero attached hydrogens (tertiary/aromatic N) is 1. The maximum absolute atomic E-state index is 13.0. The number of aliphatic hydroxyl groups is 1. The van der Waals surface area contributed by atoms with Gasteiger partial charge in [-0.1, -0.05) is 57.5 Å². The van der Waals surface area contributed by atoms with E-state index in [0.29, 0.717) is 32.4 Å². The number of nitrogens with one attached hydrogen (secondary N) is 4. The van der Waals surface area contributed by atoms with Crippen molar-refractivity contribution < 1.29 is 33.8 Å². The predicted octanol–water partition coefficient (Wildman–Crippen LogP) is 6.62. The quantitative estimate of drug-likeness (QED) is 0.0161. The second kappa shape index (κ2) is 29.6. The lowest BCUT2D eigenvalue weighted by atomic mass is 9.85. The molecule has 0 bridgehead atoms. The highest BCUT2D eigenvalue weighted by Gasteiger charge is 2.25. The SMILES string of the molecule is CCC(C)O.CCNC(C)=O.COC(=O)C(C/C=C\COc1ccc(C)cc1)NC(=O)C(CCCN=C(N)NSc1c(C)c(C)c(C)c(CCC(C)(C)C)c1C)NC=O. The van der Waals surface area contributed by atoms with E-state index < -0.39 is 24.0 Å². The number of benzene rings is 2. The maximum Gasteiger partial charge on any atom is 0.328 e. The van der Waals surface area contributed by atoms with E-state index in [0.717, 1.165) is 42.0 Å². The average molecular weight is 843 g/mol. The van der Waals surface area contributed by atoms with E-state index in [1.165, 1.54) is 53.8 Å². The van der Waals surface area contributed by atoms with E-state index in [1.54, 1.807) is 19.1 Å². The number of esters is 1. The van der Waals surface area contributed by atoms with Crippen LogP contribution in [0, 0.1) is 40.0 Å². The van der Waals surface area contributed by atoms with Crippen LogP contribution in [0.2, 0.25) is 0 Å². The van der Waals surface area contributed by atoms with Crippen LogP contribution in [0.5, 0.6) is 5.75 Å². The van der Waals surface area contributed by atoms with Crippen molar-refractivity contribution in [2.24, 2.45) is 16.1 Å². The Hall–Kier alpha value is -4.56. The van der Waals surface area contributed by atoms with Crippen molar-refractivity contribution in [3.63, 3.8) is 0 Å². The van der Waals surface area contributed by atoms with Crippen LogP contribution in [0.25, 0.3) is 0 Å². The molecule has 0 aliphatic rings. The molecule has 3 amide bonds.